The summed E-state index contributed by atoms with van der Waals surface area (Å²) < 4.78 is 0. The van der Waals surface area contributed by atoms with Crippen LogP contribution in [0.4, 0.5) is 10.5 Å². The van der Waals surface area contributed by atoms with Crippen molar-refractivity contribution in [3.8, 4) is 0 Å². The van der Waals surface area contributed by atoms with Gasteiger partial charge < -0.3 is 15.1 Å². The molecule has 0 radical (unpaired) electrons. The number of piperazine rings is 1. The highest BCUT2D eigenvalue weighted by Crippen LogP contribution is 2.20. The maximum atomic E-state index is 12.5. The first-order valence-corrected chi connectivity index (χ1v) is 9.64. The third-order valence-corrected chi connectivity index (χ3v) is 5.57. The number of urea groups is 1. The zero-order valence-electron chi connectivity index (χ0n) is 15.7. The molecule has 2 amide bonds. The van der Waals surface area contributed by atoms with Gasteiger partial charge in [-0.1, -0.05) is 24.6 Å². The van der Waals surface area contributed by atoms with Crippen LogP contribution in [0.15, 0.2) is 30.3 Å². The first kappa shape index (κ1) is 18.1. The lowest BCUT2D eigenvalue weighted by molar-refractivity contribution is 0.0937. The Balaban J connectivity index is 1.45. The van der Waals surface area contributed by atoms with Crippen LogP contribution in [0.5, 0.6) is 0 Å². The van der Waals surface area contributed by atoms with E-state index in [0.717, 1.165) is 39.3 Å². The lowest BCUT2D eigenvalue weighted by Crippen LogP contribution is -2.57. The molecule has 5 nitrogen and oxygen atoms in total. The molecule has 25 heavy (non-hydrogen) atoms. The number of para-hydroxylation sites is 1. The summed E-state index contributed by atoms with van der Waals surface area (Å²) in [6.45, 7) is 10.9. The molecule has 1 aromatic carbocycles. The number of hydrogen-bond donors (Lipinski definition) is 1. The molecular weight excluding hydrogens is 312 g/mol. The molecule has 5 heteroatoms. The van der Waals surface area contributed by atoms with E-state index >= 15 is 0 Å². The van der Waals surface area contributed by atoms with Gasteiger partial charge in [-0.3, -0.25) is 4.90 Å². The minimum absolute atomic E-state index is 0.0297. The summed E-state index contributed by atoms with van der Waals surface area (Å²) >= 11 is 0. The Kier molecular flexibility index (Phi) is 5.84. The molecule has 0 atom stereocenters. The minimum atomic E-state index is 0.0297. The van der Waals surface area contributed by atoms with Crippen LogP contribution in [0.2, 0.25) is 0 Å². The molecular formula is C20H32N4O. The standard InChI is InChI=1S/C20H32N4O/c1-20(2,24-11-7-4-8-12-24)17-21-19(25)23-15-13-22(14-16-23)18-9-5-3-6-10-18/h3,5-6,9-10H,4,7-8,11-17H2,1-2H3,(H,21,25). The summed E-state index contributed by atoms with van der Waals surface area (Å²) in [4.78, 5) is 19.4. The van der Waals surface area contributed by atoms with Crippen LogP contribution in [0.1, 0.15) is 33.1 Å². The number of likely N-dealkylation sites (tertiary alicyclic amines) is 1. The van der Waals surface area contributed by atoms with Crippen LogP contribution >= 0.6 is 0 Å². The number of piperidine rings is 1. The van der Waals surface area contributed by atoms with Gasteiger partial charge in [-0.05, 0) is 51.9 Å². The van der Waals surface area contributed by atoms with Gasteiger partial charge in [0, 0.05) is 44.0 Å². The predicted molar refractivity (Wildman–Crippen MR) is 103 cm³/mol. The van der Waals surface area contributed by atoms with Gasteiger partial charge in [-0.25, -0.2) is 4.79 Å². The van der Waals surface area contributed by atoms with Crippen LogP contribution in [0.3, 0.4) is 0 Å². The van der Waals surface area contributed by atoms with E-state index in [1.165, 1.54) is 24.9 Å². The number of anilines is 1. The average Bonchev–Trinajstić information content (AvgIpc) is 2.68. The molecule has 138 valence electrons. The number of hydrogen-bond acceptors (Lipinski definition) is 3. The van der Waals surface area contributed by atoms with E-state index < -0.39 is 0 Å². The molecule has 3 rings (SSSR count). The molecule has 2 aliphatic rings. The number of carbonyl (C=O) groups excluding carboxylic acids is 1. The highest BCUT2D eigenvalue weighted by molar-refractivity contribution is 5.74. The number of nitrogens with zero attached hydrogens (tertiary/aromatic N) is 3. The molecule has 2 saturated heterocycles. The van der Waals surface area contributed by atoms with Gasteiger partial charge in [0.25, 0.3) is 0 Å². The molecule has 0 aromatic heterocycles. The second-order valence-corrected chi connectivity index (χ2v) is 7.83. The van der Waals surface area contributed by atoms with Crippen molar-refractivity contribution in [1.82, 2.24) is 15.1 Å². The van der Waals surface area contributed by atoms with Gasteiger partial charge in [-0.15, -0.1) is 0 Å². The average molecular weight is 345 g/mol. The van der Waals surface area contributed by atoms with Crippen LogP contribution < -0.4 is 10.2 Å². The Morgan fingerprint density at radius 3 is 2.24 bits per heavy atom. The summed E-state index contributed by atoms with van der Waals surface area (Å²) in [6.07, 6.45) is 3.89. The second kappa shape index (κ2) is 8.09. The lowest BCUT2D eigenvalue weighted by atomic mass is 9.98. The first-order chi connectivity index (χ1) is 12.1. The van der Waals surface area contributed by atoms with E-state index in [-0.39, 0.29) is 11.6 Å². The number of rotatable bonds is 4. The fourth-order valence-corrected chi connectivity index (χ4v) is 3.82. The first-order valence-electron chi connectivity index (χ1n) is 9.64. The van der Waals surface area contributed by atoms with E-state index in [4.69, 9.17) is 0 Å². The summed E-state index contributed by atoms with van der Waals surface area (Å²) in [5.74, 6) is 0. The smallest absolute Gasteiger partial charge is 0.317 e. The summed E-state index contributed by atoms with van der Waals surface area (Å²) in [5.41, 5.74) is 1.27. The third-order valence-electron chi connectivity index (χ3n) is 5.57. The number of amides is 2. The largest absolute Gasteiger partial charge is 0.368 e. The van der Waals surface area contributed by atoms with Crippen LogP contribution in [-0.4, -0.2) is 67.2 Å². The van der Waals surface area contributed by atoms with Gasteiger partial charge in [0.05, 0.1) is 0 Å². The van der Waals surface area contributed by atoms with Crippen LogP contribution in [0, 0.1) is 0 Å². The second-order valence-electron chi connectivity index (χ2n) is 7.83. The molecule has 2 aliphatic heterocycles. The maximum absolute atomic E-state index is 12.5. The predicted octanol–water partition coefficient (Wildman–Crippen LogP) is 2.78. The fourth-order valence-electron chi connectivity index (χ4n) is 3.82. The quantitative estimate of drug-likeness (QED) is 0.913. The molecule has 1 N–H and O–H groups in total. The Bertz CT molecular complexity index is 546. The summed E-state index contributed by atoms with van der Waals surface area (Å²) in [5, 5.41) is 3.17. The molecule has 2 fully saturated rings. The highest BCUT2D eigenvalue weighted by atomic mass is 16.2. The van der Waals surface area contributed by atoms with Crippen molar-refractivity contribution < 1.29 is 4.79 Å². The molecule has 1 aromatic rings. The highest BCUT2D eigenvalue weighted by Gasteiger charge is 2.29. The summed E-state index contributed by atoms with van der Waals surface area (Å²) in [7, 11) is 0. The van der Waals surface area contributed by atoms with E-state index in [0.29, 0.717) is 6.54 Å². The summed E-state index contributed by atoms with van der Waals surface area (Å²) in [6, 6.07) is 10.5. The number of benzene rings is 1. The normalized spacial score (nSPS) is 19.8. The Labute approximate surface area is 152 Å². The SMILES string of the molecule is CC(C)(CNC(=O)N1CCN(c2ccccc2)CC1)N1CCCCC1. The Hall–Kier alpha value is -1.75. The molecule has 0 bridgehead atoms. The lowest BCUT2D eigenvalue weighted by Gasteiger charge is -2.42. The fraction of sp³-hybridized carbons (Fsp3) is 0.650. The zero-order chi connectivity index (χ0) is 17.7. The van der Waals surface area contributed by atoms with Crippen molar-refractivity contribution in [3.63, 3.8) is 0 Å². The number of carbonyl (C=O) groups is 1. The molecule has 0 unspecified atom stereocenters. The third kappa shape index (κ3) is 4.66. The Morgan fingerprint density at radius 1 is 0.960 bits per heavy atom. The van der Waals surface area contributed by atoms with E-state index in [2.05, 4.69) is 53.2 Å². The Morgan fingerprint density at radius 2 is 1.60 bits per heavy atom. The molecule has 0 aliphatic carbocycles. The number of nitrogens with one attached hydrogen (secondary N) is 1. The minimum Gasteiger partial charge on any atom is -0.368 e. The van der Waals surface area contributed by atoms with Crippen molar-refractivity contribution in [2.75, 3.05) is 50.7 Å². The maximum Gasteiger partial charge on any atom is 0.317 e. The molecule has 0 spiro atoms. The van der Waals surface area contributed by atoms with Gasteiger partial charge >= 0.3 is 6.03 Å². The van der Waals surface area contributed by atoms with Gasteiger partial charge in [0.2, 0.25) is 0 Å². The van der Waals surface area contributed by atoms with Crippen molar-refractivity contribution in [2.45, 2.75) is 38.6 Å². The topological polar surface area (TPSA) is 38.8 Å². The van der Waals surface area contributed by atoms with Gasteiger partial charge in [0.15, 0.2) is 0 Å². The van der Waals surface area contributed by atoms with E-state index in [1.807, 2.05) is 11.0 Å². The van der Waals surface area contributed by atoms with Gasteiger partial charge in [0.1, 0.15) is 0 Å². The van der Waals surface area contributed by atoms with Crippen molar-refractivity contribution in [3.05, 3.63) is 30.3 Å². The monoisotopic (exact) mass is 344 g/mol. The van der Waals surface area contributed by atoms with Crippen molar-refractivity contribution in [2.24, 2.45) is 0 Å². The van der Waals surface area contributed by atoms with Crippen LogP contribution in [0.25, 0.3) is 0 Å². The molecule has 0 saturated carbocycles. The van der Waals surface area contributed by atoms with E-state index in [1.54, 1.807) is 0 Å². The van der Waals surface area contributed by atoms with Crippen molar-refractivity contribution >= 4 is 11.7 Å². The van der Waals surface area contributed by atoms with Crippen LogP contribution in [-0.2, 0) is 0 Å². The molecule has 2 heterocycles. The zero-order valence-corrected chi connectivity index (χ0v) is 15.7. The van der Waals surface area contributed by atoms with Gasteiger partial charge in [-0.2, -0.15) is 0 Å². The van der Waals surface area contributed by atoms with E-state index in [9.17, 15) is 4.79 Å². The van der Waals surface area contributed by atoms with Crippen molar-refractivity contribution in [1.29, 1.82) is 0 Å².